The molecule has 0 unspecified atom stereocenters. The number of nitrogens with one attached hydrogen (secondary N) is 1. The lowest BCUT2D eigenvalue weighted by atomic mass is 10.3. The summed E-state index contributed by atoms with van der Waals surface area (Å²) in [6.07, 6.45) is -5.55. The third-order valence-corrected chi connectivity index (χ3v) is 4.09. The van der Waals surface area contributed by atoms with Gasteiger partial charge in [-0.15, -0.1) is 0 Å². The van der Waals surface area contributed by atoms with E-state index in [9.17, 15) is 22.8 Å². The summed E-state index contributed by atoms with van der Waals surface area (Å²) in [6, 6.07) is 4.60. The number of amides is 3. The van der Waals surface area contributed by atoms with Crippen LogP contribution in [-0.4, -0.2) is 66.8 Å². The summed E-state index contributed by atoms with van der Waals surface area (Å²) in [7, 11) is 0. The first-order valence-electron chi connectivity index (χ1n) is 8.28. The SMILES string of the molecule is CCOC(=O)N1CCN(C(=O)NC2(C(F)(F)F)Oc3ccccc3O2)CC1. The molecule has 1 aromatic rings. The van der Waals surface area contributed by atoms with Crippen LogP contribution in [0, 0.1) is 0 Å². The molecule has 11 heteroatoms. The third kappa shape index (κ3) is 3.67. The lowest BCUT2D eigenvalue weighted by Gasteiger charge is -2.36. The molecule has 27 heavy (non-hydrogen) atoms. The van der Waals surface area contributed by atoms with Gasteiger partial charge in [0.15, 0.2) is 11.5 Å². The van der Waals surface area contributed by atoms with E-state index in [-0.39, 0.29) is 44.3 Å². The van der Waals surface area contributed by atoms with Gasteiger partial charge in [-0.1, -0.05) is 12.1 Å². The molecule has 1 N–H and O–H groups in total. The summed E-state index contributed by atoms with van der Waals surface area (Å²) in [6.45, 7) is 2.26. The minimum absolute atomic E-state index is 0.0472. The molecule has 3 amide bonds. The molecule has 2 aliphatic heterocycles. The Labute approximate surface area is 152 Å². The van der Waals surface area contributed by atoms with Gasteiger partial charge in [0, 0.05) is 26.2 Å². The van der Waals surface area contributed by atoms with E-state index in [1.165, 1.54) is 29.2 Å². The largest absolute Gasteiger partial charge is 0.492 e. The van der Waals surface area contributed by atoms with Gasteiger partial charge in [-0.25, -0.2) is 9.59 Å². The standard InChI is InChI=1S/C16H18F3N3O5/c1-2-25-14(24)22-9-7-21(8-10-22)13(23)20-16(15(17,18)19)26-11-5-3-4-6-12(11)27-16/h3-6H,2,7-10H2,1H3,(H,20,23). The number of hydrogen-bond donors (Lipinski definition) is 1. The first-order chi connectivity index (χ1) is 12.8. The van der Waals surface area contributed by atoms with Gasteiger partial charge in [0.1, 0.15) is 0 Å². The molecule has 0 radical (unpaired) electrons. The minimum atomic E-state index is -5.02. The number of piperazine rings is 1. The second kappa shape index (κ2) is 7.05. The summed E-state index contributed by atoms with van der Waals surface area (Å²) < 4.78 is 55.5. The second-order valence-electron chi connectivity index (χ2n) is 5.87. The molecule has 0 atom stereocenters. The Morgan fingerprint density at radius 2 is 1.63 bits per heavy atom. The van der Waals surface area contributed by atoms with Gasteiger partial charge in [0.05, 0.1) is 6.61 Å². The van der Waals surface area contributed by atoms with Crippen molar-refractivity contribution in [1.29, 1.82) is 0 Å². The molecule has 1 aromatic carbocycles. The number of fused-ring (bicyclic) bond motifs is 1. The highest BCUT2D eigenvalue weighted by Gasteiger charge is 2.66. The van der Waals surface area contributed by atoms with E-state index >= 15 is 0 Å². The molecular weight excluding hydrogens is 371 g/mol. The fourth-order valence-corrected chi connectivity index (χ4v) is 2.71. The first-order valence-corrected chi connectivity index (χ1v) is 8.28. The average molecular weight is 389 g/mol. The van der Waals surface area contributed by atoms with Crippen LogP contribution in [0.15, 0.2) is 24.3 Å². The van der Waals surface area contributed by atoms with Crippen molar-refractivity contribution < 1.29 is 37.0 Å². The predicted molar refractivity (Wildman–Crippen MR) is 85.2 cm³/mol. The van der Waals surface area contributed by atoms with Crippen molar-refractivity contribution in [3.8, 4) is 11.5 Å². The molecule has 0 bridgehead atoms. The van der Waals surface area contributed by atoms with Crippen LogP contribution in [0.2, 0.25) is 0 Å². The number of urea groups is 1. The average Bonchev–Trinajstić information content (AvgIpc) is 3.01. The Balaban J connectivity index is 1.66. The zero-order chi connectivity index (χ0) is 19.7. The Kier molecular flexibility index (Phi) is 4.94. The second-order valence-corrected chi connectivity index (χ2v) is 5.87. The molecule has 2 aliphatic rings. The van der Waals surface area contributed by atoms with Crippen molar-refractivity contribution >= 4 is 12.1 Å². The lowest BCUT2D eigenvalue weighted by molar-refractivity contribution is -0.318. The highest BCUT2D eigenvalue weighted by atomic mass is 19.4. The Morgan fingerprint density at radius 1 is 1.11 bits per heavy atom. The summed E-state index contributed by atoms with van der Waals surface area (Å²) in [5, 5.41) is 1.80. The normalized spacial score (nSPS) is 18.2. The van der Waals surface area contributed by atoms with Crippen molar-refractivity contribution in [2.24, 2.45) is 0 Å². The van der Waals surface area contributed by atoms with Gasteiger partial charge in [0.2, 0.25) is 0 Å². The third-order valence-electron chi connectivity index (χ3n) is 4.09. The molecule has 148 valence electrons. The molecule has 2 heterocycles. The number of rotatable bonds is 2. The van der Waals surface area contributed by atoms with Crippen molar-refractivity contribution in [1.82, 2.24) is 15.1 Å². The number of nitrogens with zero attached hydrogens (tertiary/aromatic N) is 2. The smallest absolute Gasteiger partial charge is 0.450 e. The van der Waals surface area contributed by atoms with Crippen LogP contribution < -0.4 is 14.8 Å². The van der Waals surface area contributed by atoms with Crippen LogP contribution in [0.1, 0.15) is 6.92 Å². The van der Waals surface area contributed by atoms with Gasteiger partial charge in [-0.05, 0) is 19.1 Å². The number of carbonyl (C=O) groups is 2. The zero-order valence-corrected chi connectivity index (χ0v) is 14.4. The van der Waals surface area contributed by atoms with Crippen molar-refractivity contribution in [3.05, 3.63) is 24.3 Å². The number of halogens is 3. The van der Waals surface area contributed by atoms with Crippen molar-refractivity contribution in [2.75, 3.05) is 32.8 Å². The van der Waals surface area contributed by atoms with E-state index in [4.69, 9.17) is 14.2 Å². The van der Waals surface area contributed by atoms with Crippen LogP contribution in [0.25, 0.3) is 0 Å². The van der Waals surface area contributed by atoms with Crippen molar-refractivity contribution in [3.63, 3.8) is 0 Å². The van der Waals surface area contributed by atoms with Crippen LogP contribution >= 0.6 is 0 Å². The molecule has 3 rings (SSSR count). The number of para-hydroxylation sites is 2. The highest BCUT2D eigenvalue weighted by Crippen LogP contribution is 2.44. The monoisotopic (exact) mass is 389 g/mol. The first kappa shape index (κ1) is 18.9. The number of carbonyl (C=O) groups excluding carboxylic acids is 2. The summed E-state index contributed by atoms with van der Waals surface area (Å²) in [4.78, 5) is 26.6. The number of ether oxygens (including phenoxy) is 3. The van der Waals surface area contributed by atoms with Crippen molar-refractivity contribution in [2.45, 2.75) is 19.0 Å². The van der Waals surface area contributed by atoms with Gasteiger partial charge in [-0.2, -0.15) is 13.2 Å². The number of alkyl halides is 3. The van der Waals surface area contributed by atoms with E-state index < -0.39 is 24.2 Å². The van der Waals surface area contributed by atoms with E-state index in [0.29, 0.717) is 0 Å². The summed E-state index contributed by atoms with van der Waals surface area (Å²) in [5.74, 6) is -3.55. The molecule has 0 spiro atoms. The van der Waals surface area contributed by atoms with E-state index in [2.05, 4.69) is 0 Å². The molecule has 1 fully saturated rings. The van der Waals surface area contributed by atoms with E-state index in [1.54, 1.807) is 12.2 Å². The van der Waals surface area contributed by atoms with Gasteiger partial charge in [-0.3, -0.25) is 5.32 Å². The molecule has 0 saturated carbocycles. The van der Waals surface area contributed by atoms with Gasteiger partial charge >= 0.3 is 24.2 Å². The number of benzene rings is 1. The highest BCUT2D eigenvalue weighted by molar-refractivity contribution is 5.76. The quantitative estimate of drug-likeness (QED) is 0.839. The minimum Gasteiger partial charge on any atom is -0.450 e. The summed E-state index contributed by atoms with van der Waals surface area (Å²) >= 11 is 0. The fraction of sp³-hybridized carbons (Fsp3) is 0.500. The zero-order valence-electron chi connectivity index (χ0n) is 14.4. The van der Waals surface area contributed by atoms with Crippen LogP contribution in [0.3, 0.4) is 0 Å². The van der Waals surface area contributed by atoms with Gasteiger partial charge in [0.25, 0.3) is 0 Å². The molecule has 0 aliphatic carbocycles. The van der Waals surface area contributed by atoms with E-state index in [1.807, 2.05) is 0 Å². The summed E-state index contributed by atoms with van der Waals surface area (Å²) in [5.41, 5.74) is 0. The molecule has 1 saturated heterocycles. The predicted octanol–water partition coefficient (Wildman–Crippen LogP) is 2.16. The molecule has 8 nitrogen and oxygen atoms in total. The topological polar surface area (TPSA) is 80.3 Å². The fourth-order valence-electron chi connectivity index (χ4n) is 2.71. The maximum atomic E-state index is 13.6. The lowest BCUT2D eigenvalue weighted by Crippen LogP contribution is -2.67. The van der Waals surface area contributed by atoms with Crippen LogP contribution in [0.4, 0.5) is 22.8 Å². The Bertz CT molecular complexity index is 694. The number of hydrogen-bond acceptors (Lipinski definition) is 5. The molecule has 0 aromatic heterocycles. The maximum Gasteiger partial charge on any atom is 0.492 e. The van der Waals surface area contributed by atoms with E-state index in [0.717, 1.165) is 4.90 Å². The maximum absolute atomic E-state index is 13.6. The van der Waals surface area contributed by atoms with Crippen LogP contribution in [0.5, 0.6) is 11.5 Å². The van der Waals surface area contributed by atoms with Gasteiger partial charge < -0.3 is 24.0 Å². The van der Waals surface area contributed by atoms with Crippen LogP contribution in [-0.2, 0) is 4.74 Å². The molecular formula is C16H18F3N3O5. The Hall–Kier alpha value is -2.85. The Morgan fingerprint density at radius 3 is 2.11 bits per heavy atom.